The van der Waals surface area contributed by atoms with Gasteiger partial charge in [0.15, 0.2) is 0 Å². The molecule has 1 N–H and O–H groups in total. The Labute approximate surface area is 203 Å². The number of aliphatic hydroxyl groups is 1. The van der Waals surface area contributed by atoms with Crippen molar-refractivity contribution in [3.63, 3.8) is 0 Å². The number of likely N-dealkylation sites (tertiary alicyclic amines) is 1. The molecular weight excluding hydrogens is 492 g/mol. The molecule has 2 amide bonds. The lowest BCUT2D eigenvalue weighted by Crippen LogP contribution is -2.59. The van der Waals surface area contributed by atoms with E-state index in [1.807, 2.05) is 4.90 Å². The quantitative estimate of drug-likeness (QED) is 0.280. The molecule has 1 spiro atoms. The van der Waals surface area contributed by atoms with Crippen LogP contribution in [0.5, 0.6) is 0 Å². The third-order valence-electron chi connectivity index (χ3n) is 7.60. The number of ether oxygens (including phenoxy) is 2. The smallest absolute Gasteiger partial charge is 0.312 e. The van der Waals surface area contributed by atoms with Crippen molar-refractivity contribution >= 4 is 33.7 Å². The van der Waals surface area contributed by atoms with E-state index in [-0.39, 0.29) is 42.4 Å². The number of nitrogens with zero attached hydrogens (tertiary/aromatic N) is 2. The molecule has 0 radical (unpaired) electrons. The van der Waals surface area contributed by atoms with E-state index in [1.165, 1.54) is 11.0 Å². The zero-order valence-electron chi connectivity index (χ0n) is 18.9. The third-order valence-corrected chi connectivity index (χ3v) is 8.45. The molecule has 2 bridgehead atoms. The zero-order valence-corrected chi connectivity index (χ0v) is 20.5. The van der Waals surface area contributed by atoms with Gasteiger partial charge in [-0.1, -0.05) is 53.9 Å². The van der Waals surface area contributed by atoms with Crippen molar-refractivity contribution in [1.29, 1.82) is 0 Å². The minimum Gasteiger partial charge on any atom is -0.461 e. The summed E-state index contributed by atoms with van der Waals surface area (Å²) in [5.74, 6) is -2.65. The van der Waals surface area contributed by atoms with Crippen LogP contribution in [-0.2, 0) is 23.9 Å². The van der Waals surface area contributed by atoms with Gasteiger partial charge in [-0.05, 0) is 19.3 Å². The lowest BCUT2D eigenvalue weighted by molar-refractivity contribution is -0.154. The first-order valence-corrected chi connectivity index (χ1v) is 12.7. The first kappa shape index (κ1) is 24.4. The van der Waals surface area contributed by atoms with Crippen LogP contribution in [0.1, 0.15) is 38.5 Å². The number of carbonyl (C=O) groups is 3. The third kappa shape index (κ3) is 3.96. The molecule has 0 aromatic rings. The van der Waals surface area contributed by atoms with Gasteiger partial charge in [0, 0.05) is 24.0 Å². The molecule has 3 unspecified atom stereocenters. The van der Waals surface area contributed by atoms with Crippen molar-refractivity contribution in [2.75, 3.05) is 26.3 Å². The molecule has 3 saturated heterocycles. The normalized spacial score (nSPS) is 35.4. The van der Waals surface area contributed by atoms with E-state index in [0.717, 1.165) is 32.1 Å². The van der Waals surface area contributed by atoms with Gasteiger partial charge in [0.2, 0.25) is 11.8 Å². The fourth-order valence-electron chi connectivity index (χ4n) is 6.37. The monoisotopic (exact) mass is 524 g/mol. The SMILES string of the molecule is C=CCOC(=O)[C@H]1[C@@H]2OC3(CC2Br)C(C(=O)N(CC=C)C2CCCCC2)N(CCO)C(=O)[C@H]13. The average Bonchev–Trinajstić information content (AvgIpc) is 3.40. The second kappa shape index (κ2) is 9.88. The number of halogens is 1. The maximum atomic E-state index is 14.1. The summed E-state index contributed by atoms with van der Waals surface area (Å²) in [5.41, 5.74) is -1.13. The number of fused-ring (bicyclic) bond motifs is 1. The second-order valence-electron chi connectivity index (χ2n) is 9.41. The minimum absolute atomic E-state index is 0.00942. The summed E-state index contributed by atoms with van der Waals surface area (Å²) >= 11 is 3.63. The Morgan fingerprint density at radius 1 is 1.27 bits per heavy atom. The number of alkyl halides is 1. The topological polar surface area (TPSA) is 96.4 Å². The molecule has 0 aromatic heterocycles. The predicted molar refractivity (Wildman–Crippen MR) is 124 cm³/mol. The lowest BCUT2D eigenvalue weighted by atomic mass is 9.70. The molecule has 33 heavy (non-hydrogen) atoms. The van der Waals surface area contributed by atoms with E-state index in [9.17, 15) is 19.5 Å². The number of rotatable bonds is 9. The molecule has 3 aliphatic heterocycles. The maximum absolute atomic E-state index is 14.1. The summed E-state index contributed by atoms with van der Waals surface area (Å²) in [6.07, 6.45) is 8.17. The van der Waals surface area contributed by atoms with Crippen molar-refractivity contribution in [3.8, 4) is 0 Å². The maximum Gasteiger partial charge on any atom is 0.312 e. The largest absolute Gasteiger partial charge is 0.461 e. The van der Waals surface area contributed by atoms with Gasteiger partial charge >= 0.3 is 5.97 Å². The van der Waals surface area contributed by atoms with Crippen LogP contribution in [0.2, 0.25) is 0 Å². The molecule has 9 heteroatoms. The van der Waals surface area contributed by atoms with Crippen molar-refractivity contribution in [2.45, 2.75) is 67.1 Å². The van der Waals surface area contributed by atoms with E-state index in [2.05, 4.69) is 29.1 Å². The highest BCUT2D eigenvalue weighted by Crippen LogP contribution is 2.60. The minimum atomic E-state index is -1.13. The Kier molecular flexibility index (Phi) is 7.31. The van der Waals surface area contributed by atoms with Gasteiger partial charge in [0.25, 0.3) is 0 Å². The van der Waals surface area contributed by atoms with Gasteiger partial charge in [0.1, 0.15) is 18.2 Å². The van der Waals surface area contributed by atoms with Crippen LogP contribution in [0.3, 0.4) is 0 Å². The fourth-order valence-corrected chi connectivity index (χ4v) is 7.31. The van der Waals surface area contributed by atoms with E-state index in [1.54, 1.807) is 6.08 Å². The van der Waals surface area contributed by atoms with Crippen molar-refractivity contribution < 1.29 is 29.0 Å². The Morgan fingerprint density at radius 3 is 2.64 bits per heavy atom. The number of esters is 1. The number of β-amino-alcohol motifs (C(OH)–C–C–N with tert-alkyl or cyclic N) is 1. The number of hydrogen-bond acceptors (Lipinski definition) is 6. The molecule has 1 saturated carbocycles. The first-order valence-electron chi connectivity index (χ1n) is 11.8. The first-order chi connectivity index (χ1) is 15.9. The van der Waals surface area contributed by atoms with Gasteiger partial charge < -0.3 is 24.4 Å². The van der Waals surface area contributed by atoms with E-state index in [0.29, 0.717) is 13.0 Å². The number of amides is 2. The fraction of sp³-hybridized carbons (Fsp3) is 0.708. The lowest BCUT2D eigenvalue weighted by Gasteiger charge is -2.40. The van der Waals surface area contributed by atoms with Crippen LogP contribution in [0, 0.1) is 11.8 Å². The highest BCUT2D eigenvalue weighted by Gasteiger charge is 2.77. The summed E-state index contributed by atoms with van der Waals surface area (Å²) in [6, 6.07) is -0.816. The Bertz CT molecular complexity index is 815. The summed E-state index contributed by atoms with van der Waals surface area (Å²) < 4.78 is 11.7. The average molecular weight is 525 g/mol. The van der Waals surface area contributed by atoms with Gasteiger partial charge in [-0.3, -0.25) is 14.4 Å². The number of hydrogen-bond donors (Lipinski definition) is 1. The summed E-state index contributed by atoms with van der Waals surface area (Å²) in [5, 5.41) is 9.72. The number of aliphatic hydroxyl groups excluding tert-OH is 1. The predicted octanol–water partition coefficient (Wildman–Crippen LogP) is 1.80. The van der Waals surface area contributed by atoms with E-state index < -0.39 is 35.6 Å². The summed E-state index contributed by atoms with van der Waals surface area (Å²) in [7, 11) is 0. The zero-order chi connectivity index (χ0) is 23.8. The molecule has 4 aliphatic rings. The Morgan fingerprint density at radius 2 is 2.00 bits per heavy atom. The summed E-state index contributed by atoms with van der Waals surface area (Å²) in [6.45, 7) is 7.57. The Hall–Kier alpha value is -1.71. The molecule has 1 aliphatic carbocycles. The molecule has 4 rings (SSSR count). The number of carbonyl (C=O) groups excluding carboxylic acids is 3. The van der Waals surface area contributed by atoms with Gasteiger partial charge in [0.05, 0.1) is 24.5 Å². The molecular formula is C24H33BrN2O6. The molecule has 0 aromatic carbocycles. The standard InChI is InChI=1S/C24H33BrN2O6/c1-3-10-26(15-8-6-5-7-9-15)22(30)20-24-14-16(25)19(33-24)17(23(31)32-13-4-2)18(24)21(29)27(20)11-12-28/h3-4,15-20,28H,1-2,5-14H2/t16?,17-,18+,19-,20?,24?/m1/s1. The van der Waals surface area contributed by atoms with Crippen molar-refractivity contribution in [2.24, 2.45) is 11.8 Å². The van der Waals surface area contributed by atoms with Crippen LogP contribution < -0.4 is 0 Å². The highest BCUT2D eigenvalue weighted by molar-refractivity contribution is 9.09. The van der Waals surface area contributed by atoms with Gasteiger partial charge in [-0.25, -0.2) is 0 Å². The molecule has 3 heterocycles. The molecule has 182 valence electrons. The van der Waals surface area contributed by atoms with Crippen LogP contribution in [-0.4, -0.2) is 87.6 Å². The molecule has 6 atom stereocenters. The van der Waals surface area contributed by atoms with Crippen LogP contribution >= 0.6 is 15.9 Å². The van der Waals surface area contributed by atoms with Crippen LogP contribution in [0.15, 0.2) is 25.3 Å². The van der Waals surface area contributed by atoms with Gasteiger partial charge in [-0.15, -0.1) is 6.58 Å². The van der Waals surface area contributed by atoms with E-state index in [4.69, 9.17) is 9.47 Å². The van der Waals surface area contributed by atoms with E-state index >= 15 is 0 Å². The second-order valence-corrected chi connectivity index (χ2v) is 10.6. The van der Waals surface area contributed by atoms with Crippen molar-refractivity contribution in [3.05, 3.63) is 25.3 Å². The summed E-state index contributed by atoms with van der Waals surface area (Å²) in [4.78, 5) is 43.8. The Balaban J connectivity index is 1.71. The van der Waals surface area contributed by atoms with Crippen LogP contribution in [0.25, 0.3) is 0 Å². The highest BCUT2D eigenvalue weighted by atomic mass is 79.9. The van der Waals surface area contributed by atoms with Gasteiger partial charge in [-0.2, -0.15) is 0 Å². The van der Waals surface area contributed by atoms with Crippen LogP contribution in [0.4, 0.5) is 0 Å². The van der Waals surface area contributed by atoms with Crippen molar-refractivity contribution in [1.82, 2.24) is 9.80 Å². The molecule has 8 nitrogen and oxygen atoms in total. The molecule has 4 fully saturated rings.